The number of carbonyl (C=O) groups excluding carboxylic acids is 1. The molecule has 1 amide bonds. The highest BCUT2D eigenvalue weighted by atomic mass is 16.1. The van der Waals surface area contributed by atoms with Crippen molar-refractivity contribution < 1.29 is 4.79 Å². The van der Waals surface area contributed by atoms with Crippen molar-refractivity contribution in [2.75, 3.05) is 0 Å². The lowest BCUT2D eigenvalue weighted by Crippen LogP contribution is -2.14. The van der Waals surface area contributed by atoms with Crippen molar-refractivity contribution in [2.24, 2.45) is 5.73 Å². The zero-order chi connectivity index (χ0) is 17.0. The summed E-state index contributed by atoms with van der Waals surface area (Å²) in [5.74, 6) is -0.524. The van der Waals surface area contributed by atoms with Crippen LogP contribution in [0.3, 0.4) is 0 Å². The molecule has 0 aliphatic heterocycles. The summed E-state index contributed by atoms with van der Waals surface area (Å²) in [6, 6.07) is 3.99. The van der Waals surface area contributed by atoms with E-state index in [0.717, 1.165) is 53.2 Å². The van der Waals surface area contributed by atoms with Crippen LogP contribution in [-0.2, 0) is 12.8 Å². The minimum absolute atomic E-state index is 0.309. The van der Waals surface area contributed by atoms with E-state index >= 15 is 0 Å². The molecule has 3 aromatic heterocycles. The second-order valence-electron chi connectivity index (χ2n) is 6.44. The first-order valence-corrected chi connectivity index (χ1v) is 8.35. The maximum absolute atomic E-state index is 11.7. The fourth-order valence-corrected chi connectivity index (χ4v) is 3.92. The largest absolute Gasteiger partial charge is 0.364 e. The van der Waals surface area contributed by atoms with E-state index in [1.165, 1.54) is 11.1 Å². The Morgan fingerprint density at radius 3 is 2.68 bits per heavy atom. The van der Waals surface area contributed by atoms with Crippen LogP contribution in [0.4, 0.5) is 0 Å². The number of aromatic nitrogens is 5. The number of nitrogens with zero attached hydrogens (tertiary/aromatic N) is 3. The predicted octanol–water partition coefficient (Wildman–Crippen LogP) is 2.48. The van der Waals surface area contributed by atoms with Crippen LogP contribution in [-0.4, -0.2) is 31.3 Å². The lowest BCUT2D eigenvalue weighted by atomic mass is 9.85. The lowest BCUT2D eigenvalue weighted by Gasteiger charge is -2.21. The van der Waals surface area contributed by atoms with E-state index < -0.39 is 5.91 Å². The van der Waals surface area contributed by atoms with Gasteiger partial charge in [0.1, 0.15) is 5.69 Å². The monoisotopic (exact) mass is 332 g/mol. The number of aromatic amines is 2. The van der Waals surface area contributed by atoms with E-state index in [4.69, 9.17) is 10.7 Å². The van der Waals surface area contributed by atoms with Gasteiger partial charge in [-0.15, -0.1) is 0 Å². The van der Waals surface area contributed by atoms with Crippen molar-refractivity contribution >= 4 is 27.7 Å². The molecule has 7 nitrogen and oxygen atoms in total. The van der Waals surface area contributed by atoms with Crippen LogP contribution in [0.15, 0.2) is 24.5 Å². The Morgan fingerprint density at radius 1 is 1.04 bits per heavy atom. The molecule has 4 N–H and O–H groups in total. The number of rotatable bonds is 2. The average Bonchev–Trinajstić information content (AvgIpc) is 3.29. The normalized spacial score (nSPS) is 14.1. The highest BCUT2D eigenvalue weighted by molar-refractivity contribution is 6.08. The zero-order valence-corrected chi connectivity index (χ0v) is 13.5. The molecule has 0 fully saturated rings. The number of primary amides is 1. The number of aryl methyl sites for hydroxylation is 1. The van der Waals surface area contributed by atoms with Gasteiger partial charge in [0, 0.05) is 10.8 Å². The van der Waals surface area contributed by atoms with Crippen LogP contribution in [0, 0.1) is 0 Å². The third kappa shape index (κ3) is 1.98. The van der Waals surface area contributed by atoms with Gasteiger partial charge in [0.25, 0.3) is 5.91 Å². The third-order valence-corrected chi connectivity index (χ3v) is 5.03. The maximum atomic E-state index is 11.7. The summed E-state index contributed by atoms with van der Waals surface area (Å²) in [4.78, 5) is 16.6. The number of carbonyl (C=O) groups is 1. The molecule has 0 radical (unpaired) electrons. The van der Waals surface area contributed by atoms with Crippen molar-refractivity contribution in [3.8, 4) is 11.3 Å². The molecule has 1 aliphatic carbocycles. The summed E-state index contributed by atoms with van der Waals surface area (Å²) in [5.41, 5.74) is 11.7. The molecule has 0 bridgehead atoms. The van der Waals surface area contributed by atoms with Gasteiger partial charge in [-0.2, -0.15) is 10.2 Å². The van der Waals surface area contributed by atoms with E-state index in [-0.39, 0.29) is 0 Å². The second kappa shape index (κ2) is 5.14. The number of hydrogen-bond acceptors (Lipinski definition) is 4. The number of nitrogens with one attached hydrogen (secondary N) is 2. The first-order valence-electron chi connectivity index (χ1n) is 8.35. The summed E-state index contributed by atoms with van der Waals surface area (Å²) in [6.07, 6.45) is 7.69. The fourth-order valence-electron chi connectivity index (χ4n) is 3.92. The van der Waals surface area contributed by atoms with E-state index in [2.05, 4.69) is 20.4 Å². The first kappa shape index (κ1) is 14.2. The van der Waals surface area contributed by atoms with Gasteiger partial charge in [0.05, 0.1) is 34.7 Å². The van der Waals surface area contributed by atoms with Crippen molar-refractivity contribution in [3.05, 3.63) is 41.3 Å². The Labute approximate surface area is 142 Å². The van der Waals surface area contributed by atoms with E-state index in [9.17, 15) is 4.79 Å². The Balaban J connectivity index is 1.90. The highest BCUT2D eigenvalue weighted by Crippen LogP contribution is 2.38. The van der Waals surface area contributed by atoms with E-state index in [1.807, 2.05) is 18.3 Å². The van der Waals surface area contributed by atoms with Crippen LogP contribution in [0.2, 0.25) is 0 Å². The van der Waals surface area contributed by atoms with Gasteiger partial charge in [-0.1, -0.05) is 0 Å². The Kier molecular flexibility index (Phi) is 2.91. The zero-order valence-electron chi connectivity index (χ0n) is 13.5. The third-order valence-electron chi connectivity index (χ3n) is 5.03. The minimum atomic E-state index is -0.524. The van der Waals surface area contributed by atoms with Crippen LogP contribution in [0.5, 0.6) is 0 Å². The van der Waals surface area contributed by atoms with Crippen molar-refractivity contribution in [1.82, 2.24) is 25.4 Å². The number of pyridine rings is 1. The van der Waals surface area contributed by atoms with Gasteiger partial charge in [-0.25, -0.2) is 4.98 Å². The summed E-state index contributed by atoms with van der Waals surface area (Å²) in [7, 11) is 0. The number of hydrogen-bond donors (Lipinski definition) is 3. The molecule has 7 heteroatoms. The van der Waals surface area contributed by atoms with Crippen molar-refractivity contribution in [1.29, 1.82) is 0 Å². The standard InChI is InChI=1S/C18H16N6O/c19-18(25)17-12(8-21-24-17)16-10-4-2-1-3-9(10)15-11-7-20-23-13(11)5-6-14(15)22-16/h5-8H,1-4H2,(H2,19,25)(H,20,23)(H,21,24). The van der Waals surface area contributed by atoms with Gasteiger partial charge < -0.3 is 5.73 Å². The minimum Gasteiger partial charge on any atom is -0.364 e. The quantitative estimate of drug-likeness (QED) is 0.523. The van der Waals surface area contributed by atoms with Gasteiger partial charge in [-0.3, -0.25) is 15.0 Å². The van der Waals surface area contributed by atoms with E-state index in [0.29, 0.717) is 11.3 Å². The van der Waals surface area contributed by atoms with Gasteiger partial charge in [0.2, 0.25) is 0 Å². The molecular formula is C18H16N6O. The lowest BCUT2D eigenvalue weighted by molar-refractivity contribution is 0.0996. The van der Waals surface area contributed by atoms with Crippen LogP contribution in [0.1, 0.15) is 34.5 Å². The number of fused-ring (bicyclic) bond motifs is 5. The molecule has 3 heterocycles. The van der Waals surface area contributed by atoms with Crippen LogP contribution >= 0.6 is 0 Å². The molecule has 0 unspecified atom stereocenters. The summed E-state index contributed by atoms with van der Waals surface area (Å²) >= 11 is 0. The molecule has 4 aromatic rings. The molecule has 1 aromatic carbocycles. The van der Waals surface area contributed by atoms with Gasteiger partial charge >= 0.3 is 0 Å². The first-order chi connectivity index (χ1) is 12.2. The second-order valence-corrected chi connectivity index (χ2v) is 6.44. The summed E-state index contributed by atoms with van der Waals surface area (Å²) < 4.78 is 0. The number of H-pyrrole nitrogens is 2. The highest BCUT2D eigenvalue weighted by Gasteiger charge is 2.24. The Hall–Kier alpha value is -3.22. The predicted molar refractivity (Wildman–Crippen MR) is 94.1 cm³/mol. The molecule has 0 saturated heterocycles. The van der Waals surface area contributed by atoms with Gasteiger partial charge in [0.15, 0.2) is 0 Å². The SMILES string of the molecule is NC(=O)c1[nH]ncc1-c1nc2ccc3[nH]ncc3c2c2c1CCCC2. The number of amides is 1. The smallest absolute Gasteiger partial charge is 0.267 e. The Morgan fingerprint density at radius 2 is 1.84 bits per heavy atom. The molecule has 1 aliphatic rings. The van der Waals surface area contributed by atoms with E-state index in [1.54, 1.807) is 6.20 Å². The maximum Gasteiger partial charge on any atom is 0.267 e. The van der Waals surface area contributed by atoms with Crippen molar-refractivity contribution in [3.63, 3.8) is 0 Å². The number of nitrogens with two attached hydrogens (primary N) is 1. The number of benzene rings is 1. The van der Waals surface area contributed by atoms with Crippen LogP contribution in [0.25, 0.3) is 33.1 Å². The summed E-state index contributed by atoms with van der Waals surface area (Å²) in [6.45, 7) is 0. The molecular weight excluding hydrogens is 316 g/mol. The van der Waals surface area contributed by atoms with Gasteiger partial charge in [-0.05, 0) is 48.9 Å². The van der Waals surface area contributed by atoms with Crippen LogP contribution < -0.4 is 5.73 Å². The van der Waals surface area contributed by atoms with Crippen molar-refractivity contribution in [2.45, 2.75) is 25.7 Å². The molecule has 0 spiro atoms. The summed E-state index contributed by atoms with van der Waals surface area (Å²) in [5, 5.41) is 16.2. The fraction of sp³-hybridized carbons (Fsp3) is 0.222. The Bertz CT molecular complexity index is 1140. The topological polar surface area (TPSA) is 113 Å². The average molecular weight is 332 g/mol. The molecule has 5 rings (SSSR count). The molecule has 25 heavy (non-hydrogen) atoms. The molecule has 124 valence electrons. The molecule has 0 saturated carbocycles. The molecule has 0 atom stereocenters.